The summed E-state index contributed by atoms with van der Waals surface area (Å²) in [4.78, 5) is 19.1. The lowest BCUT2D eigenvalue weighted by atomic mass is 10.2. The van der Waals surface area contributed by atoms with Crippen molar-refractivity contribution < 1.29 is 9.90 Å². The topological polar surface area (TPSA) is 71.2 Å². The van der Waals surface area contributed by atoms with E-state index >= 15 is 0 Å². The van der Waals surface area contributed by atoms with Crippen molar-refractivity contribution in [1.82, 2.24) is 19.7 Å². The molecule has 2 heterocycles. The van der Waals surface area contributed by atoms with Gasteiger partial charge in [-0.05, 0) is 57.7 Å². The molecular formula is C18H24N4O2. The van der Waals surface area contributed by atoms with Crippen LogP contribution in [0.25, 0.3) is 5.82 Å². The van der Waals surface area contributed by atoms with E-state index in [1.807, 2.05) is 36.9 Å². The van der Waals surface area contributed by atoms with Gasteiger partial charge >= 0.3 is 0 Å². The minimum absolute atomic E-state index is 0.0304. The highest BCUT2D eigenvalue weighted by atomic mass is 16.3. The van der Waals surface area contributed by atoms with Crippen LogP contribution in [0.2, 0.25) is 0 Å². The molecule has 6 nitrogen and oxygen atoms in total. The molecule has 0 aromatic carbocycles. The fourth-order valence-corrected chi connectivity index (χ4v) is 2.89. The van der Waals surface area contributed by atoms with E-state index < -0.39 is 0 Å². The second-order valence-electron chi connectivity index (χ2n) is 6.40. The van der Waals surface area contributed by atoms with Crippen molar-refractivity contribution in [3.05, 3.63) is 41.3 Å². The molecule has 128 valence electrons. The third-order valence-corrected chi connectivity index (χ3v) is 4.28. The maximum atomic E-state index is 12.7. The van der Waals surface area contributed by atoms with E-state index in [1.165, 1.54) is 0 Å². The molecule has 0 bridgehead atoms. The molecule has 6 heteroatoms. The molecule has 0 saturated heterocycles. The van der Waals surface area contributed by atoms with Crippen LogP contribution in [-0.4, -0.2) is 49.9 Å². The van der Waals surface area contributed by atoms with Gasteiger partial charge in [0.15, 0.2) is 5.82 Å². The van der Waals surface area contributed by atoms with Gasteiger partial charge in [-0.3, -0.25) is 4.79 Å². The molecule has 2 aromatic heterocycles. The summed E-state index contributed by atoms with van der Waals surface area (Å²) in [6.45, 7) is 4.80. The van der Waals surface area contributed by atoms with Crippen LogP contribution in [0, 0.1) is 13.8 Å². The van der Waals surface area contributed by atoms with Crippen LogP contribution < -0.4 is 0 Å². The SMILES string of the molecule is Cc1cc(C)n(-c2ccc(C(=O)N(CCCCO)C3CC3)cn2)n1. The number of hydrogen-bond donors (Lipinski definition) is 1. The zero-order valence-corrected chi connectivity index (χ0v) is 14.3. The van der Waals surface area contributed by atoms with Crippen LogP contribution in [0.4, 0.5) is 0 Å². The Kier molecular flexibility index (Phi) is 4.94. The molecule has 24 heavy (non-hydrogen) atoms. The number of carbonyl (C=O) groups is 1. The van der Waals surface area contributed by atoms with Crippen LogP contribution in [0.5, 0.6) is 0 Å². The Hall–Kier alpha value is -2.21. The summed E-state index contributed by atoms with van der Waals surface area (Å²) in [6, 6.07) is 6.01. The molecule has 1 N–H and O–H groups in total. The number of unbranched alkanes of at least 4 members (excludes halogenated alkanes) is 1. The average Bonchev–Trinajstić information content (AvgIpc) is 3.35. The molecule has 1 aliphatic rings. The third kappa shape index (κ3) is 3.64. The minimum Gasteiger partial charge on any atom is -0.396 e. The Morgan fingerprint density at radius 2 is 2.12 bits per heavy atom. The van der Waals surface area contributed by atoms with Gasteiger partial charge in [-0.25, -0.2) is 9.67 Å². The largest absolute Gasteiger partial charge is 0.396 e. The van der Waals surface area contributed by atoms with Gasteiger partial charge < -0.3 is 10.0 Å². The number of rotatable bonds is 7. The summed E-state index contributed by atoms with van der Waals surface area (Å²) >= 11 is 0. The minimum atomic E-state index is 0.0304. The van der Waals surface area contributed by atoms with Gasteiger partial charge in [0.25, 0.3) is 5.91 Å². The van der Waals surface area contributed by atoms with Crippen LogP contribution in [-0.2, 0) is 0 Å². The van der Waals surface area contributed by atoms with E-state index in [-0.39, 0.29) is 12.5 Å². The van der Waals surface area contributed by atoms with Gasteiger partial charge in [0.05, 0.1) is 11.3 Å². The molecule has 0 aliphatic heterocycles. The summed E-state index contributed by atoms with van der Waals surface area (Å²) in [7, 11) is 0. The summed E-state index contributed by atoms with van der Waals surface area (Å²) in [5.41, 5.74) is 2.57. The molecule has 0 unspecified atom stereocenters. The molecule has 0 radical (unpaired) electrons. The fourth-order valence-electron chi connectivity index (χ4n) is 2.89. The Bertz CT molecular complexity index is 704. The van der Waals surface area contributed by atoms with Gasteiger partial charge in [-0.1, -0.05) is 0 Å². The normalized spacial score (nSPS) is 14.0. The van der Waals surface area contributed by atoms with E-state index in [9.17, 15) is 4.79 Å². The van der Waals surface area contributed by atoms with Crippen molar-refractivity contribution in [2.75, 3.05) is 13.2 Å². The average molecular weight is 328 g/mol. The number of aliphatic hydroxyl groups excluding tert-OH is 1. The van der Waals surface area contributed by atoms with Gasteiger partial charge in [0.1, 0.15) is 0 Å². The summed E-state index contributed by atoms with van der Waals surface area (Å²) < 4.78 is 1.78. The summed E-state index contributed by atoms with van der Waals surface area (Å²) in [6.07, 6.45) is 5.33. The number of carbonyl (C=O) groups excluding carboxylic acids is 1. The van der Waals surface area contributed by atoms with Crippen molar-refractivity contribution in [3.63, 3.8) is 0 Å². The van der Waals surface area contributed by atoms with Crippen LogP contribution in [0.15, 0.2) is 24.4 Å². The number of hydrogen-bond acceptors (Lipinski definition) is 4. The first-order valence-electron chi connectivity index (χ1n) is 8.51. The lowest BCUT2D eigenvalue weighted by Crippen LogP contribution is -2.34. The number of pyridine rings is 1. The van der Waals surface area contributed by atoms with Crippen LogP contribution in [0.3, 0.4) is 0 Å². The Labute approximate surface area is 142 Å². The lowest BCUT2D eigenvalue weighted by molar-refractivity contribution is 0.0736. The van der Waals surface area contributed by atoms with Gasteiger partial charge in [0.2, 0.25) is 0 Å². The maximum absolute atomic E-state index is 12.7. The van der Waals surface area contributed by atoms with E-state index in [0.717, 1.165) is 42.9 Å². The van der Waals surface area contributed by atoms with Crippen molar-refractivity contribution in [3.8, 4) is 5.82 Å². The van der Waals surface area contributed by atoms with Crippen molar-refractivity contribution in [2.45, 2.75) is 45.6 Å². The second kappa shape index (κ2) is 7.13. The molecule has 0 atom stereocenters. The molecule has 1 saturated carbocycles. The zero-order valence-electron chi connectivity index (χ0n) is 14.3. The molecule has 0 spiro atoms. The van der Waals surface area contributed by atoms with E-state index in [2.05, 4.69) is 10.1 Å². The first kappa shape index (κ1) is 16.6. The number of aromatic nitrogens is 3. The Balaban J connectivity index is 1.74. The Morgan fingerprint density at radius 3 is 2.67 bits per heavy atom. The van der Waals surface area contributed by atoms with E-state index in [4.69, 9.17) is 5.11 Å². The first-order valence-corrected chi connectivity index (χ1v) is 8.51. The third-order valence-electron chi connectivity index (χ3n) is 4.28. The number of nitrogens with zero attached hydrogens (tertiary/aromatic N) is 4. The fraction of sp³-hybridized carbons (Fsp3) is 0.500. The number of aliphatic hydroxyl groups is 1. The molecule has 3 rings (SSSR count). The highest BCUT2D eigenvalue weighted by Crippen LogP contribution is 2.28. The maximum Gasteiger partial charge on any atom is 0.255 e. The Morgan fingerprint density at radius 1 is 1.33 bits per heavy atom. The smallest absolute Gasteiger partial charge is 0.255 e. The summed E-state index contributed by atoms with van der Waals surface area (Å²) in [5.74, 6) is 0.748. The molecule has 1 fully saturated rings. The molecule has 1 amide bonds. The monoisotopic (exact) mass is 328 g/mol. The van der Waals surface area contributed by atoms with E-state index in [0.29, 0.717) is 18.2 Å². The predicted octanol–water partition coefficient (Wildman–Crippen LogP) is 2.26. The number of amides is 1. The van der Waals surface area contributed by atoms with Crippen molar-refractivity contribution in [1.29, 1.82) is 0 Å². The highest BCUT2D eigenvalue weighted by Gasteiger charge is 2.32. The standard InChI is InChI=1S/C18H24N4O2/c1-13-11-14(2)22(20-13)17-8-5-15(12-19-17)18(24)21(16-6-7-16)9-3-4-10-23/h5,8,11-12,16,23H,3-4,6-7,9-10H2,1-2H3. The van der Waals surface area contributed by atoms with Gasteiger partial charge in [-0.2, -0.15) is 5.10 Å². The van der Waals surface area contributed by atoms with Crippen molar-refractivity contribution >= 4 is 5.91 Å². The number of aryl methyl sites for hydroxylation is 2. The van der Waals surface area contributed by atoms with Crippen LogP contribution >= 0.6 is 0 Å². The van der Waals surface area contributed by atoms with E-state index in [1.54, 1.807) is 10.9 Å². The molecular weight excluding hydrogens is 304 g/mol. The van der Waals surface area contributed by atoms with Crippen molar-refractivity contribution in [2.24, 2.45) is 0 Å². The molecule has 2 aromatic rings. The van der Waals surface area contributed by atoms with Gasteiger partial charge in [0, 0.05) is 31.1 Å². The zero-order chi connectivity index (χ0) is 17.1. The summed E-state index contributed by atoms with van der Waals surface area (Å²) in [5, 5.41) is 13.3. The highest BCUT2D eigenvalue weighted by molar-refractivity contribution is 5.94. The predicted molar refractivity (Wildman–Crippen MR) is 91.2 cm³/mol. The molecule has 1 aliphatic carbocycles. The second-order valence-corrected chi connectivity index (χ2v) is 6.40. The van der Waals surface area contributed by atoms with Crippen LogP contribution in [0.1, 0.15) is 47.4 Å². The first-order chi connectivity index (χ1) is 11.6. The lowest BCUT2D eigenvalue weighted by Gasteiger charge is -2.22. The van der Waals surface area contributed by atoms with Gasteiger partial charge in [-0.15, -0.1) is 0 Å². The quantitative estimate of drug-likeness (QED) is 0.792.